The van der Waals surface area contributed by atoms with E-state index < -0.39 is 8.80 Å². The van der Waals surface area contributed by atoms with E-state index in [2.05, 4.69) is 0 Å². The number of thioether (sulfide) groups is 1. The minimum atomic E-state index is -2.37. The Morgan fingerprint density at radius 1 is 1.20 bits per heavy atom. The molecule has 0 aromatic carbocycles. The van der Waals surface area contributed by atoms with E-state index in [-0.39, 0.29) is 6.10 Å². The lowest BCUT2D eigenvalue weighted by atomic mass is 10.5. The summed E-state index contributed by atoms with van der Waals surface area (Å²) in [4.78, 5) is 0. The van der Waals surface area contributed by atoms with Crippen molar-refractivity contribution in [3.63, 3.8) is 0 Å². The van der Waals surface area contributed by atoms with Crippen LogP contribution in [0.5, 0.6) is 0 Å². The summed E-state index contributed by atoms with van der Waals surface area (Å²) in [6, 6.07) is 0.823. The summed E-state index contributed by atoms with van der Waals surface area (Å²) < 4.78 is 15.9. The second-order valence-corrected chi connectivity index (χ2v) is 7.56. The maximum atomic E-state index is 9.06. The molecule has 0 amide bonds. The van der Waals surface area contributed by atoms with Crippen molar-refractivity contribution in [3.05, 3.63) is 0 Å². The molecule has 1 N–H and O–H groups in total. The molecule has 0 aromatic heterocycles. The minimum Gasteiger partial charge on any atom is -0.393 e. The Morgan fingerprint density at radius 2 is 1.73 bits per heavy atom. The molecule has 0 aliphatic rings. The lowest BCUT2D eigenvalue weighted by molar-refractivity contribution is 0.123. The first kappa shape index (κ1) is 15.4. The van der Waals surface area contributed by atoms with Gasteiger partial charge in [0.25, 0.3) is 0 Å². The van der Waals surface area contributed by atoms with Crippen LogP contribution in [0.25, 0.3) is 0 Å². The van der Waals surface area contributed by atoms with Crippen LogP contribution >= 0.6 is 11.8 Å². The largest absolute Gasteiger partial charge is 0.500 e. The second kappa shape index (κ2) is 8.55. The zero-order chi connectivity index (χ0) is 11.7. The molecule has 4 nitrogen and oxygen atoms in total. The smallest absolute Gasteiger partial charge is 0.393 e. The predicted molar refractivity (Wildman–Crippen MR) is 65.2 cm³/mol. The molecule has 15 heavy (non-hydrogen) atoms. The predicted octanol–water partition coefficient (Wildman–Crippen LogP) is 1.37. The van der Waals surface area contributed by atoms with Crippen molar-refractivity contribution in [1.29, 1.82) is 0 Å². The first-order valence-electron chi connectivity index (χ1n) is 5.01. The number of rotatable bonds is 9. The third-order valence-corrected chi connectivity index (χ3v) is 6.19. The van der Waals surface area contributed by atoms with Gasteiger partial charge in [-0.2, -0.15) is 11.8 Å². The Kier molecular flexibility index (Phi) is 8.78. The zero-order valence-corrected chi connectivity index (χ0v) is 11.8. The molecule has 1 atom stereocenters. The van der Waals surface area contributed by atoms with E-state index in [0.717, 1.165) is 24.0 Å². The normalized spacial score (nSPS) is 14.2. The highest BCUT2D eigenvalue weighted by atomic mass is 32.2. The fourth-order valence-electron chi connectivity index (χ4n) is 1.20. The summed E-state index contributed by atoms with van der Waals surface area (Å²) in [6.07, 6.45) is 0.753. The van der Waals surface area contributed by atoms with Gasteiger partial charge in [-0.1, -0.05) is 0 Å². The lowest BCUT2D eigenvalue weighted by Crippen LogP contribution is -2.42. The highest BCUT2D eigenvalue weighted by Gasteiger charge is 2.36. The number of hydrogen-bond acceptors (Lipinski definition) is 5. The van der Waals surface area contributed by atoms with Crippen molar-refractivity contribution in [2.75, 3.05) is 32.8 Å². The molecule has 0 saturated carbocycles. The van der Waals surface area contributed by atoms with Crippen LogP contribution in [-0.4, -0.2) is 52.9 Å². The fourth-order valence-corrected chi connectivity index (χ4v) is 4.04. The van der Waals surface area contributed by atoms with Gasteiger partial charge < -0.3 is 18.4 Å². The average Bonchev–Trinajstić information content (AvgIpc) is 2.24. The van der Waals surface area contributed by atoms with Crippen LogP contribution in [-0.2, 0) is 13.3 Å². The first-order valence-corrected chi connectivity index (χ1v) is 8.10. The van der Waals surface area contributed by atoms with E-state index in [9.17, 15) is 0 Å². The Hall–Kier alpha value is 0.407. The van der Waals surface area contributed by atoms with E-state index >= 15 is 0 Å². The van der Waals surface area contributed by atoms with Gasteiger partial charge in [-0.25, -0.2) is 0 Å². The Balaban J connectivity index is 3.63. The third-order valence-electron chi connectivity index (χ3n) is 2.06. The zero-order valence-electron chi connectivity index (χ0n) is 9.99. The van der Waals surface area contributed by atoms with Crippen molar-refractivity contribution in [2.24, 2.45) is 0 Å². The van der Waals surface area contributed by atoms with Gasteiger partial charge in [-0.05, 0) is 19.1 Å². The molecule has 1 unspecified atom stereocenters. The SMILES string of the molecule is CO[Si](CCCSCC(C)O)(OC)OC. The van der Waals surface area contributed by atoms with Crippen LogP contribution in [0.4, 0.5) is 0 Å². The van der Waals surface area contributed by atoms with Crippen molar-refractivity contribution in [2.45, 2.75) is 25.5 Å². The van der Waals surface area contributed by atoms with E-state index in [0.29, 0.717) is 0 Å². The first-order chi connectivity index (χ1) is 7.10. The molecule has 0 saturated heterocycles. The maximum Gasteiger partial charge on any atom is 0.500 e. The molecule has 0 rings (SSSR count). The maximum absolute atomic E-state index is 9.06. The monoisotopic (exact) mass is 254 g/mol. The summed E-state index contributed by atoms with van der Waals surface area (Å²) >= 11 is 1.74. The molecule has 0 heterocycles. The molecular formula is C9H22O4SSi. The standard InChI is InChI=1S/C9H22O4SSi/c1-9(10)8-14-6-5-7-15(11-2,12-3)13-4/h9-10H,5-8H2,1-4H3. The van der Waals surface area contributed by atoms with Crippen LogP contribution in [0.3, 0.4) is 0 Å². The van der Waals surface area contributed by atoms with E-state index in [1.807, 2.05) is 0 Å². The van der Waals surface area contributed by atoms with Gasteiger partial charge in [-0.3, -0.25) is 0 Å². The highest BCUT2D eigenvalue weighted by molar-refractivity contribution is 7.99. The van der Waals surface area contributed by atoms with Crippen LogP contribution < -0.4 is 0 Å². The number of hydrogen-bond donors (Lipinski definition) is 1. The van der Waals surface area contributed by atoms with Gasteiger partial charge >= 0.3 is 8.80 Å². The molecule has 6 heteroatoms. The lowest BCUT2D eigenvalue weighted by Gasteiger charge is -2.24. The summed E-state index contributed by atoms with van der Waals surface area (Å²) in [6.45, 7) is 1.80. The Labute approximate surface area is 97.7 Å². The molecule has 92 valence electrons. The second-order valence-electron chi connectivity index (χ2n) is 3.32. The number of aliphatic hydroxyl groups is 1. The van der Waals surface area contributed by atoms with Gasteiger partial charge in [-0.15, -0.1) is 0 Å². The van der Waals surface area contributed by atoms with Crippen LogP contribution in [0, 0.1) is 0 Å². The Bertz CT molecular complexity index is 145. The van der Waals surface area contributed by atoms with Crippen LogP contribution in [0.2, 0.25) is 6.04 Å². The van der Waals surface area contributed by atoms with Gasteiger partial charge in [0.2, 0.25) is 0 Å². The third kappa shape index (κ3) is 6.55. The fraction of sp³-hybridized carbons (Fsp3) is 1.00. The molecule has 0 radical (unpaired) electrons. The Morgan fingerprint density at radius 3 is 2.13 bits per heavy atom. The number of aliphatic hydroxyl groups excluding tert-OH is 1. The van der Waals surface area contributed by atoms with Gasteiger partial charge in [0.15, 0.2) is 0 Å². The molecule has 0 aliphatic carbocycles. The minimum absolute atomic E-state index is 0.232. The van der Waals surface area contributed by atoms with E-state index in [4.69, 9.17) is 18.4 Å². The van der Waals surface area contributed by atoms with E-state index in [1.165, 1.54) is 0 Å². The molecule has 0 fully saturated rings. The summed E-state index contributed by atoms with van der Waals surface area (Å²) in [7, 11) is 2.51. The van der Waals surface area contributed by atoms with E-state index in [1.54, 1.807) is 40.0 Å². The van der Waals surface area contributed by atoms with Gasteiger partial charge in [0.05, 0.1) is 6.10 Å². The molecule has 0 bridgehead atoms. The molecule has 0 aromatic rings. The van der Waals surface area contributed by atoms with Crippen molar-refractivity contribution in [3.8, 4) is 0 Å². The van der Waals surface area contributed by atoms with Crippen molar-refractivity contribution in [1.82, 2.24) is 0 Å². The summed E-state index contributed by atoms with van der Waals surface area (Å²) in [5, 5.41) is 9.06. The highest BCUT2D eigenvalue weighted by Crippen LogP contribution is 2.17. The van der Waals surface area contributed by atoms with Gasteiger partial charge in [0, 0.05) is 33.1 Å². The average molecular weight is 254 g/mol. The topological polar surface area (TPSA) is 47.9 Å². The van der Waals surface area contributed by atoms with Crippen molar-refractivity contribution < 1.29 is 18.4 Å². The van der Waals surface area contributed by atoms with Crippen molar-refractivity contribution >= 4 is 20.6 Å². The van der Waals surface area contributed by atoms with Gasteiger partial charge in [0.1, 0.15) is 0 Å². The quantitative estimate of drug-likeness (QED) is 0.497. The molecular weight excluding hydrogens is 232 g/mol. The molecule has 0 aliphatic heterocycles. The summed E-state index contributed by atoms with van der Waals surface area (Å²) in [5.74, 6) is 1.78. The van der Waals surface area contributed by atoms with Crippen LogP contribution in [0.15, 0.2) is 0 Å². The molecule has 0 spiro atoms. The van der Waals surface area contributed by atoms with Crippen LogP contribution in [0.1, 0.15) is 13.3 Å². The summed E-state index contributed by atoms with van der Waals surface area (Å²) in [5.41, 5.74) is 0.